The Labute approximate surface area is 136 Å². The van der Waals surface area contributed by atoms with Gasteiger partial charge in [-0.2, -0.15) is 0 Å². The average molecular weight is 324 g/mol. The molecule has 0 bridgehead atoms. The molecule has 1 saturated heterocycles. The minimum absolute atomic E-state index is 0.0657. The van der Waals surface area contributed by atoms with Crippen LogP contribution in [0.1, 0.15) is 25.3 Å². The molecule has 1 aromatic rings. The predicted octanol–water partition coefficient (Wildman–Crippen LogP) is 2.32. The van der Waals surface area contributed by atoms with Crippen molar-refractivity contribution in [2.45, 2.75) is 19.8 Å². The number of nitrogens with one attached hydrogen (secondary N) is 1. The zero-order valence-electron chi connectivity index (χ0n) is 13.0. The molecule has 22 heavy (non-hydrogen) atoms. The SMILES string of the molecule is CC(=O)N1CCN(C(=O)NC[C@H](C)c2ccc(Cl)cc2)CC1. The van der Waals surface area contributed by atoms with Crippen LogP contribution < -0.4 is 5.32 Å². The van der Waals surface area contributed by atoms with E-state index in [2.05, 4.69) is 12.2 Å². The van der Waals surface area contributed by atoms with Crippen molar-refractivity contribution in [2.75, 3.05) is 32.7 Å². The molecule has 1 heterocycles. The Balaban J connectivity index is 1.78. The third kappa shape index (κ3) is 4.37. The first kappa shape index (κ1) is 16.6. The second-order valence-electron chi connectivity index (χ2n) is 5.63. The van der Waals surface area contributed by atoms with Crippen molar-refractivity contribution in [1.29, 1.82) is 0 Å². The van der Waals surface area contributed by atoms with E-state index in [1.165, 1.54) is 0 Å². The van der Waals surface area contributed by atoms with Crippen LogP contribution in [0, 0.1) is 0 Å². The summed E-state index contributed by atoms with van der Waals surface area (Å²) in [6.45, 7) is 6.58. The molecule has 0 saturated carbocycles. The van der Waals surface area contributed by atoms with Gasteiger partial charge in [-0.15, -0.1) is 0 Å². The number of nitrogens with zero attached hydrogens (tertiary/aromatic N) is 2. The second kappa shape index (κ2) is 7.49. The number of carbonyl (C=O) groups is 2. The van der Waals surface area contributed by atoms with Crippen molar-refractivity contribution < 1.29 is 9.59 Å². The molecular weight excluding hydrogens is 302 g/mol. The summed E-state index contributed by atoms with van der Waals surface area (Å²) in [4.78, 5) is 26.9. The number of piperazine rings is 1. The van der Waals surface area contributed by atoms with E-state index in [1.807, 2.05) is 24.3 Å². The summed E-state index contributed by atoms with van der Waals surface area (Å²) in [5.41, 5.74) is 1.14. The molecule has 1 N–H and O–H groups in total. The van der Waals surface area contributed by atoms with Crippen molar-refractivity contribution in [3.8, 4) is 0 Å². The summed E-state index contributed by atoms with van der Waals surface area (Å²) in [6.07, 6.45) is 0. The number of benzene rings is 1. The largest absolute Gasteiger partial charge is 0.339 e. The van der Waals surface area contributed by atoms with Crippen LogP contribution in [-0.4, -0.2) is 54.5 Å². The van der Waals surface area contributed by atoms with Crippen LogP contribution in [0.25, 0.3) is 0 Å². The van der Waals surface area contributed by atoms with Gasteiger partial charge < -0.3 is 15.1 Å². The van der Waals surface area contributed by atoms with Crippen molar-refractivity contribution in [3.05, 3.63) is 34.9 Å². The third-order valence-electron chi connectivity index (χ3n) is 4.01. The minimum atomic E-state index is -0.0657. The van der Waals surface area contributed by atoms with Gasteiger partial charge >= 0.3 is 6.03 Å². The second-order valence-corrected chi connectivity index (χ2v) is 6.07. The Hall–Kier alpha value is -1.75. The van der Waals surface area contributed by atoms with Gasteiger partial charge in [0.2, 0.25) is 5.91 Å². The van der Waals surface area contributed by atoms with E-state index in [0.29, 0.717) is 37.7 Å². The topological polar surface area (TPSA) is 52.7 Å². The molecule has 1 atom stereocenters. The number of carbonyl (C=O) groups excluding carboxylic acids is 2. The fraction of sp³-hybridized carbons (Fsp3) is 0.500. The molecule has 1 aromatic carbocycles. The summed E-state index contributed by atoms with van der Waals surface area (Å²) in [6, 6.07) is 7.60. The maximum absolute atomic E-state index is 12.2. The molecule has 0 aromatic heterocycles. The van der Waals surface area contributed by atoms with E-state index in [0.717, 1.165) is 5.56 Å². The van der Waals surface area contributed by atoms with Gasteiger partial charge in [0.05, 0.1) is 0 Å². The summed E-state index contributed by atoms with van der Waals surface area (Å²) >= 11 is 5.88. The fourth-order valence-corrected chi connectivity index (χ4v) is 2.61. The quantitative estimate of drug-likeness (QED) is 0.928. The molecular formula is C16H22ClN3O2. The van der Waals surface area contributed by atoms with E-state index in [4.69, 9.17) is 11.6 Å². The molecule has 1 fully saturated rings. The Morgan fingerprint density at radius 2 is 1.68 bits per heavy atom. The third-order valence-corrected chi connectivity index (χ3v) is 4.26. The number of hydrogen-bond acceptors (Lipinski definition) is 2. The van der Waals surface area contributed by atoms with Crippen LogP contribution in [0.3, 0.4) is 0 Å². The van der Waals surface area contributed by atoms with Crippen LogP contribution >= 0.6 is 11.6 Å². The van der Waals surface area contributed by atoms with Crippen molar-refractivity contribution in [1.82, 2.24) is 15.1 Å². The number of halogens is 1. The highest BCUT2D eigenvalue weighted by Gasteiger charge is 2.22. The van der Waals surface area contributed by atoms with Gasteiger partial charge in [0, 0.05) is 44.7 Å². The van der Waals surface area contributed by atoms with E-state index >= 15 is 0 Å². The fourth-order valence-electron chi connectivity index (χ4n) is 2.49. The highest BCUT2D eigenvalue weighted by Crippen LogP contribution is 2.17. The van der Waals surface area contributed by atoms with Crippen LogP contribution in [0.4, 0.5) is 4.79 Å². The van der Waals surface area contributed by atoms with Crippen LogP contribution in [0.2, 0.25) is 5.02 Å². The van der Waals surface area contributed by atoms with Gasteiger partial charge in [-0.05, 0) is 23.6 Å². The Bertz CT molecular complexity index is 525. The first-order valence-corrected chi connectivity index (χ1v) is 7.89. The van der Waals surface area contributed by atoms with Gasteiger partial charge in [0.1, 0.15) is 0 Å². The lowest BCUT2D eigenvalue weighted by atomic mass is 10.0. The normalized spacial score (nSPS) is 16.3. The number of urea groups is 1. The van der Waals surface area contributed by atoms with Gasteiger partial charge in [-0.3, -0.25) is 4.79 Å². The minimum Gasteiger partial charge on any atom is -0.339 e. The first-order valence-electron chi connectivity index (χ1n) is 7.51. The molecule has 6 heteroatoms. The lowest BCUT2D eigenvalue weighted by Gasteiger charge is -2.34. The molecule has 120 valence electrons. The number of amides is 3. The van der Waals surface area contributed by atoms with Gasteiger partial charge in [-0.1, -0.05) is 30.7 Å². The molecule has 0 aliphatic carbocycles. The summed E-state index contributed by atoms with van der Waals surface area (Å²) in [5, 5.41) is 3.67. The zero-order chi connectivity index (χ0) is 16.1. The van der Waals surface area contributed by atoms with Crippen molar-refractivity contribution in [3.63, 3.8) is 0 Å². The van der Waals surface area contributed by atoms with E-state index in [1.54, 1.807) is 16.7 Å². The standard InChI is InChI=1S/C16H22ClN3O2/c1-12(14-3-5-15(17)6-4-14)11-18-16(22)20-9-7-19(8-10-20)13(2)21/h3-6,12H,7-11H2,1-2H3,(H,18,22)/t12-/m0/s1. The number of rotatable bonds is 3. The summed E-state index contributed by atoms with van der Waals surface area (Å²) in [5.74, 6) is 0.288. The predicted molar refractivity (Wildman–Crippen MR) is 87.1 cm³/mol. The molecule has 2 rings (SSSR count). The molecule has 3 amide bonds. The lowest BCUT2D eigenvalue weighted by molar-refractivity contribution is -0.130. The molecule has 1 aliphatic rings. The Kier molecular flexibility index (Phi) is 5.66. The summed E-state index contributed by atoms with van der Waals surface area (Å²) in [7, 11) is 0. The molecule has 0 spiro atoms. The van der Waals surface area contributed by atoms with Gasteiger partial charge in [0.25, 0.3) is 0 Å². The van der Waals surface area contributed by atoms with Crippen molar-refractivity contribution >= 4 is 23.5 Å². The maximum Gasteiger partial charge on any atom is 0.317 e. The lowest BCUT2D eigenvalue weighted by Crippen LogP contribution is -2.53. The first-order chi connectivity index (χ1) is 10.5. The van der Waals surface area contributed by atoms with Gasteiger partial charge in [0.15, 0.2) is 0 Å². The monoisotopic (exact) mass is 323 g/mol. The smallest absolute Gasteiger partial charge is 0.317 e. The summed E-state index contributed by atoms with van der Waals surface area (Å²) < 4.78 is 0. The number of hydrogen-bond donors (Lipinski definition) is 1. The maximum atomic E-state index is 12.2. The van der Waals surface area contributed by atoms with Crippen molar-refractivity contribution in [2.24, 2.45) is 0 Å². The molecule has 1 aliphatic heterocycles. The molecule has 0 unspecified atom stereocenters. The van der Waals surface area contributed by atoms with Gasteiger partial charge in [-0.25, -0.2) is 4.79 Å². The molecule has 5 nitrogen and oxygen atoms in total. The Morgan fingerprint density at radius 1 is 1.14 bits per heavy atom. The highest BCUT2D eigenvalue weighted by molar-refractivity contribution is 6.30. The highest BCUT2D eigenvalue weighted by atomic mass is 35.5. The zero-order valence-corrected chi connectivity index (χ0v) is 13.8. The van der Waals surface area contributed by atoms with E-state index in [9.17, 15) is 9.59 Å². The Morgan fingerprint density at radius 3 is 2.23 bits per heavy atom. The van der Waals surface area contributed by atoms with Crippen LogP contribution in [0.15, 0.2) is 24.3 Å². The average Bonchev–Trinajstić information content (AvgIpc) is 2.53. The van der Waals surface area contributed by atoms with Crippen LogP contribution in [0.5, 0.6) is 0 Å². The van der Waals surface area contributed by atoms with E-state index < -0.39 is 0 Å². The van der Waals surface area contributed by atoms with E-state index in [-0.39, 0.29) is 17.9 Å². The van der Waals surface area contributed by atoms with Crippen LogP contribution in [-0.2, 0) is 4.79 Å². The molecule has 0 radical (unpaired) electrons.